The van der Waals surface area contributed by atoms with Crippen LogP contribution in [0.15, 0.2) is 36.7 Å². The summed E-state index contributed by atoms with van der Waals surface area (Å²) in [4.78, 5) is 20.8. The summed E-state index contributed by atoms with van der Waals surface area (Å²) in [5, 5.41) is 13.7. The third-order valence-electron chi connectivity index (χ3n) is 3.08. The topological polar surface area (TPSA) is 84.1 Å². The molecule has 1 N–H and O–H groups in total. The fourth-order valence-corrected chi connectivity index (χ4v) is 2.17. The van der Waals surface area contributed by atoms with E-state index in [9.17, 15) is 4.79 Å². The van der Waals surface area contributed by atoms with Crippen LogP contribution in [0.3, 0.4) is 0 Å². The zero-order valence-corrected chi connectivity index (χ0v) is 11.7. The first-order valence-electron chi connectivity index (χ1n) is 5.99. The van der Waals surface area contributed by atoms with Gasteiger partial charge in [0.1, 0.15) is 5.82 Å². The van der Waals surface area contributed by atoms with Crippen molar-refractivity contribution in [1.29, 1.82) is 0 Å². The van der Waals surface area contributed by atoms with Crippen molar-refractivity contribution in [2.24, 2.45) is 0 Å². The monoisotopic (exact) mass is 303 g/mol. The first kappa shape index (κ1) is 13.3. The summed E-state index contributed by atoms with van der Waals surface area (Å²) in [5.41, 5.74) is 1.36. The van der Waals surface area contributed by atoms with E-state index in [1.54, 1.807) is 24.4 Å². The molecule has 0 spiro atoms. The summed E-state index contributed by atoms with van der Waals surface area (Å²) in [6, 6.07) is 7.05. The van der Waals surface area contributed by atoms with Crippen LogP contribution in [0.5, 0.6) is 0 Å². The molecule has 3 aromatic rings. The van der Waals surface area contributed by atoms with Crippen molar-refractivity contribution in [1.82, 2.24) is 19.7 Å². The van der Waals surface area contributed by atoms with Crippen LogP contribution in [-0.4, -0.2) is 38.0 Å². The number of hydrogen-bond acceptors (Lipinski definition) is 5. The predicted molar refractivity (Wildman–Crippen MR) is 78.3 cm³/mol. The standard InChI is InChI=1S/C13H10ClN5O2/c1-18(11-4-5-15-12(14)17-11)9-2-3-10-8(6-9)7-16-19(10)13(20)21/h2-7H,1H3,(H,20,21). The fraction of sp³-hybridized carbons (Fsp3) is 0.0769. The number of carboxylic acid groups (broad SMARTS) is 1. The van der Waals surface area contributed by atoms with E-state index >= 15 is 0 Å². The lowest BCUT2D eigenvalue weighted by molar-refractivity contribution is 0.194. The highest BCUT2D eigenvalue weighted by Gasteiger charge is 2.11. The van der Waals surface area contributed by atoms with Crippen molar-refractivity contribution in [2.45, 2.75) is 0 Å². The zero-order chi connectivity index (χ0) is 15.0. The van der Waals surface area contributed by atoms with Gasteiger partial charge in [-0.05, 0) is 35.9 Å². The highest BCUT2D eigenvalue weighted by atomic mass is 35.5. The largest absolute Gasteiger partial charge is 0.463 e. The summed E-state index contributed by atoms with van der Waals surface area (Å²) in [7, 11) is 1.83. The Morgan fingerprint density at radius 3 is 2.90 bits per heavy atom. The molecule has 0 saturated carbocycles. The normalized spacial score (nSPS) is 10.8. The number of carbonyl (C=O) groups is 1. The van der Waals surface area contributed by atoms with E-state index in [4.69, 9.17) is 16.7 Å². The Hall–Kier alpha value is -2.67. The number of nitrogens with zero attached hydrogens (tertiary/aromatic N) is 5. The molecule has 1 aromatic carbocycles. The third-order valence-corrected chi connectivity index (χ3v) is 3.26. The molecule has 21 heavy (non-hydrogen) atoms. The van der Waals surface area contributed by atoms with Gasteiger partial charge >= 0.3 is 6.09 Å². The van der Waals surface area contributed by atoms with Gasteiger partial charge in [-0.1, -0.05) is 0 Å². The number of benzene rings is 1. The predicted octanol–water partition coefficient (Wildman–Crippen LogP) is 2.77. The summed E-state index contributed by atoms with van der Waals surface area (Å²) in [6.07, 6.45) is 1.96. The van der Waals surface area contributed by atoms with E-state index in [1.165, 1.54) is 6.20 Å². The summed E-state index contributed by atoms with van der Waals surface area (Å²) >= 11 is 5.78. The van der Waals surface area contributed by atoms with Crippen LogP contribution in [0.2, 0.25) is 5.28 Å². The summed E-state index contributed by atoms with van der Waals surface area (Å²) < 4.78 is 0.931. The second-order valence-corrected chi connectivity index (χ2v) is 4.66. The minimum absolute atomic E-state index is 0.166. The van der Waals surface area contributed by atoms with Gasteiger partial charge in [0.15, 0.2) is 0 Å². The van der Waals surface area contributed by atoms with Gasteiger partial charge in [0.25, 0.3) is 0 Å². The first-order valence-corrected chi connectivity index (χ1v) is 6.37. The summed E-state index contributed by atoms with van der Waals surface area (Å²) in [6.45, 7) is 0. The lowest BCUT2D eigenvalue weighted by Crippen LogP contribution is -2.12. The molecule has 0 saturated heterocycles. The van der Waals surface area contributed by atoms with Gasteiger partial charge in [-0.2, -0.15) is 9.78 Å². The van der Waals surface area contributed by atoms with Crippen molar-refractivity contribution in [3.8, 4) is 0 Å². The van der Waals surface area contributed by atoms with Crippen LogP contribution in [0.1, 0.15) is 0 Å². The molecule has 0 aliphatic carbocycles. The molecule has 0 bridgehead atoms. The third kappa shape index (κ3) is 2.38. The smallest absolute Gasteiger partial charge is 0.432 e. The molecule has 0 unspecified atom stereocenters. The second-order valence-electron chi connectivity index (χ2n) is 4.32. The minimum Gasteiger partial charge on any atom is -0.463 e. The molecule has 3 rings (SSSR count). The molecule has 0 fully saturated rings. The van der Waals surface area contributed by atoms with E-state index in [2.05, 4.69) is 15.1 Å². The van der Waals surface area contributed by atoms with Crippen LogP contribution in [0, 0.1) is 0 Å². The van der Waals surface area contributed by atoms with E-state index in [-0.39, 0.29) is 5.28 Å². The van der Waals surface area contributed by atoms with E-state index < -0.39 is 6.09 Å². The van der Waals surface area contributed by atoms with Gasteiger partial charge in [-0.25, -0.2) is 14.8 Å². The fourth-order valence-electron chi connectivity index (χ4n) is 2.03. The second kappa shape index (κ2) is 5.02. The Kier molecular flexibility index (Phi) is 3.19. The van der Waals surface area contributed by atoms with Crippen molar-refractivity contribution >= 4 is 40.1 Å². The lowest BCUT2D eigenvalue weighted by atomic mass is 10.2. The maximum absolute atomic E-state index is 11.0. The van der Waals surface area contributed by atoms with Crippen LogP contribution >= 0.6 is 11.6 Å². The zero-order valence-electron chi connectivity index (χ0n) is 10.9. The number of fused-ring (bicyclic) bond motifs is 1. The van der Waals surface area contributed by atoms with Gasteiger partial charge in [-0.3, -0.25) is 0 Å². The first-order chi connectivity index (χ1) is 10.1. The number of hydrogen-bond donors (Lipinski definition) is 1. The summed E-state index contributed by atoms with van der Waals surface area (Å²) in [5.74, 6) is 0.639. The van der Waals surface area contributed by atoms with Crippen LogP contribution in [0.25, 0.3) is 10.9 Å². The van der Waals surface area contributed by atoms with Crippen LogP contribution in [0.4, 0.5) is 16.3 Å². The molecule has 2 aromatic heterocycles. The van der Waals surface area contributed by atoms with Gasteiger partial charge in [0.05, 0.1) is 11.7 Å². The minimum atomic E-state index is -1.12. The Morgan fingerprint density at radius 1 is 1.38 bits per heavy atom. The highest BCUT2D eigenvalue weighted by Crippen LogP contribution is 2.26. The average Bonchev–Trinajstić information content (AvgIpc) is 2.89. The van der Waals surface area contributed by atoms with Crippen molar-refractivity contribution in [2.75, 3.05) is 11.9 Å². The number of rotatable bonds is 2. The van der Waals surface area contributed by atoms with Crippen molar-refractivity contribution in [3.05, 3.63) is 41.9 Å². The van der Waals surface area contributed by atoms with Gasteiger partial charge in [0, 0.05) is 24.3 Å². The average molecular weight is 304 g/mol. The van der Waals surface area contributed by atoms with Crippen LogP contribution in [-0.2, 0) is 0 Å². The van der Waals surface area contributed by atoms with E-state index in [1.807, 2.05) is 18.0 Å². The molecular weight excluding hydrogens is 294 g/mol. The highest BCUT2D eigenvalue weighted by molar-refractivity contribution is 6.28. The molecule has 0 aliphatic heterocycles. The van der Waals surface area contributed by atoms with Gasteiger partial charge < -0.3 is 10.0 Å². The Morgan fingerprint density at radius 2 is 2.19 bits per heavy atom. The molecular formula is C13H10ClN5O2. The van der Waals surface area contributed by atoms with Crippen molar-refractivity contribution in [3.63, 3.8) is 0 Å². The molecule has 0 aliphatic rings. The Balaban J connectivity index is 2.03. The van der Waals surface area contributed by atoms with Crippen LogP contribution < -0.4 is 4.90 Å². The molecule has 0 radical (unpaired) electrons. The SMILES string of the molecule is CN(c1ccc2c(cnn2C(=O)O)c1)c1ccnc(Cl)n1. The lowest BCUT2D eigenvalue weighted by Gasteiger charge is -2.18. The Bertz CT molecular complexity index is 832. The van der Waals surface area contributed by atoms with E-state index in [0.29, 0.717) is 11.3 Å². The van der Waals surface area contributed by atoms with Crippen molar-refractivity contribution < 1.29 is 9.90 Å². The number of aromatic nitrogens is 4. The number of halogens is 1. The molecule has 2 heterocycles. The molecule has 7 nitrogen and oxygen atoms in total. The molecule has 0 amide bonds. The quantitative estimate of drug-likeness (QED) is 0.733. The van der Waals surface area contributed by atoms with E-state index in [0.717, 1.165) is 15.8 Å². The molecule has 0 atom stereocenters. The molecule has 8 heteroatoms. The maximum Gasteiger partial charge on any atom is 0.432 e. The van der Waals surface area contributed by atoms with Gasteiger partial charge in [-0.15, -0.1) is 0 Å². The Labute approximate surface area is 124 Å². The number of anilines is 2. The van der Waals surface area contributed by atoms with Gasteiger partial charge in [0.2, 0.25) is 5.28 Å². The maximum atomic E-state index is 11.0. The molecule has 106 valence electrons.